The third kappa shape index (κ3) is 6.39. The molecule has 8 aliphatic carbocycles. The minimum atomic E-state index is -0.594. The average molecular weight is 1010 g/mol. The molecule has 1 saturated heterocycles. The first-order valence-electron chi connectivity index (χ1n) is 26.8. The van der Waals surface area contributed by atoms with Crippen molar-refractivity contribution in [2.45, 2.75) is 106 Å². The van der Waals surface area contributed by atoms with Gasteiger partial charge in [-0.1, -0.05) is 79.2 Å². The summed E-state index contributed by atoms with van der Waals surface area (Å²) < 4.78 is 14.6. The summed E-state index contributed by atoms with van der Waals surface area (Å²) in [5, 5.41) is 5.39. The number of hydrogen-bond acceptors (Lipinski definition) is 10. The van der Waals surface area contributed by atoms with Gasteiger partial charge in [-0.2, -0.15) is 0 Å². The van der Waals surface area contributed by atoms with Gasteiger partial charge in [0.1, 0.15) is 33.9 Å². The minimum Gasteiger partial charge on any atom is -0.485 e. The van der Waals surface area contributed by atoms with Gasteiger partial charge in [-0.05, 0) is 175 Å². The van der Waals surface area contributed by atoms with Gasteiger partial charge in [0.05, 0.1) is 26.3 Å². The largest absolute Gasteiger partial charge is 0.485 e. The quantitative estimate of drug-likeness (QED) is 0.0976. The number of carbonyl (C=O) groups is 4. The Kier molecular flexibility index (Phi) is 9.37. The zero-order chi connectivity index (χ0) is 49.2. The van der Waals surface area contributed by atoms with Crippen molar-refractivity contribution in [2.75, 3.05) is 0 Å². The molecule has 16 rings (SSSR count). The summed E-state index contributed by atoms with van der Waals surface area (Å²) >= 11 is 3.22. The van der Waals surface area contributed by atoms with Crippen LogP contribution in [0.15, 0.2) is 142 Å². The topological polar surface area (TPSA) is 112 Å². The Hall–Kier alpha value is -6.75. The van der Waals surface area contributed by atoms with Gasteiger partial charge in [0.15, 0.2) is 28.7 Å². The van der Waals surface area contributed by atoms with E-state index >= 15 is 0 Å². The van der Waals surface area contributed by atoms with Crippen LogP contribution < -0.4 is 0 Å². The first-order valence-corrected chi connectivity index (χ1v) is 28.5. The van der Waals surface area contributed by atoms with E-state index < -0.39 is 11.2 Å². The van der Waals surface area contributed by atoms with E-state index in [-0.39, 0.29) is 57.4 Å². The number of ketones is 4. The first kappa shape index (κ1) is 43.6. The van der Waals surface area contributed by atoms with Gasteiger partial charge in [0, 0.05) is 45.2 Å². The maximum absolute atomic E-state index is 14.2. The van der Waals surface area contributed by atoms with Crippen LogP contribution in [-0.4, -0.2) is 50.1 Å². The molecule has 1 aromatic heterocycles. The molecule has 0 bridgehead atoms. The summed E-state index contributed by atoms with van der Waals surface area (Å²) in [6.45, 7) is 0. The second kappa shape index (κ2) is 15.9. The van der Waals surface area contributed by atoms with Crippen LogP contribution in [-0.2, 0) is 21.5 Å². The van der Waals surface area contributed by atoms with E-state index in [0.717, 1.165) is 149 Å². The number of fused-ring (bicyclic) bond motifs is 15. The van der Waals surface area contributed by atoms with E-state index in [0.29, 0.717) is 38.2 Å². The molecule has 0 N–H and O–H groups in total. The highest BCUT2D eigenvalue weighted by Gasteiger charge is 2.56. The van der Waals surface area contributed by atoms with Crippen LogP contribution in [0.2, 0.25) is 0 Å². The van der Waals surface area contributed by atoms with Gasteiger partial charge in [-0.3, -0.25) is 24.2 Å². The van der Waals surface area contributed by atoms with E-state index in [4.69, 9.17) is 19.5 Å². The number of benzene rings is 4. The number of nitrogens with zero attached hydrogens (tertiary/aromatic N) is 2. The van der Waals surface area contributed by atoms with Gasteiger partial charge in [-0.15, -0.1) is 11.3 Å². The Labute approximate surface area is 436 Å². The number of aliphatic imine (C=N–C) groups is 1. The Balaban J connectivity index is 0.727. The summed E-state index contributed by atoms with van der Waals surface area (Å²) in [5.41, 5.74) is 7.74. The maximum Gasteiger partial charge on any atom is 0.197 e. The molecule has 3 aliphatic heterocycles. The molecule has 4 aromatic carbocycles. The maximum atomic E-state index is 14.2. The SMILES string of the molecule is O=C1C(=CC2=NC3C(S2)C2=CC4C=C5OC6(CCCCC6)c6nc(/C=C7\C(=O)c8cc9c(cc8C7=O)CC7CCC=CC7=C9)sc6C5=CC4C=C2OC32CCCCC2)C(=O)c2cc3cc4ccccc4cc3cc21. The van der Waals surface area contributed by atoms with E-state index in [2.05, 4.69) is 66.8 Å². The van der Waals surface area contributed by atoms with Crippen molar-refractivity contribution in [1.29, 1.82) is 0 Å². The summed E-state index contributed by atoms with van der Waals surface area (Å²) in [5.74, 6) is 1.29. The molecule has 4 heterocycles. The van der Waals surface area contributed by atoms with Crippen LogP contribution in [0, 0.1) is 17.8 Å². The predicted octanol–water partition coefficient (Wildman–Crippen LogP) is 14.0. The molecule has 3 fully saturated rings. The molecule has 2 spiro atoms. The number of thioether (sulfide) groups is 1. The van der Waals surface area contributed by atoms with E-state index in [1.165, 1.54) is 5.57 Å². The number of ether oxygens (including phenoxy) is 2. The number of rotatable bonds is 2. The lowest BCUT2D eigenvalue weighted by atomic mass is 9.71. The van der Waals surface area contributed by atoms with Crippen molar-refractivity contribution in [2.24, 2.45) is 22.7 Å². The lowest BCUT2D eigenvalue weighted by molar-refractivity contribution is -0.0577. The molecule has 0 radical (unpaired) electrons. The lowest BCUT2D eigenvalue weighted by Crippen LogP contribution is -2.53. The highest BCUT2D eigenvalue weighted by atomic mass is 32.2. The number of carbonyl (C=O) groups excluding carboxylic acids is 4. The smallest absolute Gasteiger partial charge is 0.197 e. The Bertz CT molecular complexity index is 3740. The molecule has 2 saturated carbocycles. The van der Waals surface area contributed by atoms with Crippen LogP contribution in [0.3, 0.4) is 0 Å². The van der Waals surface area contributed by atoms with Crippen LogP contribution >= 0.6 is 23.1 Å². The third-order valence-corrected chi connectivity index (χ3v) is 20.5. The fourth-order valence-electron chi connectivity index (χ4n) is 14.5. The summed E-state index contributed by atoms with van der Waals surface area (Å²) in [6.07, 6.45) is 32.5. The molecule has 5 unspecified atom stereocenters. The molecule has 364 valence electrons. The van der Waals surface area contributed by atoms with Crippen LogP contribution in [0.25, 0.3) is 39.3 Å². The molecule has 8 nitrogen and oxygen atoms in total. The van der Waals surface area contributed by atoms with E-state index in [9.17, 15) is 19.2 Å². The summed E-state index contributed by atoms with van der Waals surface area (Å²) in [4.78, 5) is 68.5. The van der Waals surface area contributed by atoms with Gasteiger partial charge in [0.25, 0.3) is 0 Å². The molecular formula is C64H50N2O6S2. The second-order valence-corrected chi connectivity index (χ2v) is 24.7. The lowest BCUT2D eigenvalue weighted by Gasteiger charge is -2.49. The van der Waals surface area contributed by atoms with Crippen LogP contribution in [0.1, 0.15) is 145 Å². The highest BCUT2D eigenvalue weighted by molar-refractivity contribution is 8.15. The van der Waals surface area contributed by atoms with Gasteiger partial charge in [0.2, 0.25) is 0 Å². The summed E-state index contributed by atoms with van der Waals surface area (Å²) in [6, 6.07) is 19.9. The number of Topliss-reactive ketones (excluding diaryl/α,β-unsaturated/α-hetero) is 4. The average Bonchev–Trinajstić information content (AvgIpc) is 4.17. The number of allylic oxidation sites excluding steroid dienone is 11. The first-order chi connectivity index (χ1) is 36.2. The van der Waals surface area contributed by atoms with Gasteiger partial charge < -0.3 is 9.47 Å². The number of aromatic nitrogens is 1. The third-order valence-electron chi connectivity index (χ3n) is 18.2. The van der Waals surface area contributed by atoms with Crippen molar-refractivity contribution in [3.8, 4) is 0 Å². The van der Waals surface area contributed by atoms with Gasteiger partial charge in [-0.25, -0.2) is 4.98 Å². The van der Waals surface area contributed by atoms with Crippen LogP contribution in [0.4, 0.5) is 0 Å². The second-order valence-electron chi connectivity index (χ2n) is 22.5. The monoisotopic (exact) mass is 1010 g/mol. The molecule has 74 heavy (non-hydrogen) atoms. The molecule has 0 amide bonds. The number of thiazole rings is 1. The fraction of sp³-hybridized carbons (Fsp3) is 0.312. The van der Waals surface area contributed by atoms with Crippen molar-refractivity contribution in [3.63, 3.8) is 0 Å². The molecule has 10 heteroatoms. The van der Waals surface area contributed by atoms with Crippen LogP contribution in [0.5, 0.6) is 0 Å². The summed E-state index contributed by atoms with van der Waals surface area (Å²) in [7, 11) is 0. The predicted molar refractivity (Wildman–Crippen MR) is 291 cm³/mol. The van der Waals surface area contributed by atoms with Crippen molar-refractivity contribution in [3.05, 3.63) is 186 Å². The highest BCUT2D eigenvalue weighted by Crippen LogP contribution is 2.58. The zero-order valence-corrected chi connectivity index (χ0v) is 42.3. The molecule has 5 atom stereocenters. The normalized spacial score (nSPS) is 27.8. The Morgan fingerprint density at radius 2 is 1.32 bits per heavy atom. The van der Waals surface area contributed by atoms with Crippen molar-refractivity contribution < 1.29 is 28.7 Å². The molecular weight excluding hydrogens is 957 g/mol. The molecule has 5 aromatic rings. The van der Waals surface area contributed by atoms with Gasteiger partial charge >= 0.3 is 0 Å². The molecule has 11 aliphatic rings. The van der Waals surface area contributed by atoms with Crippen molar-refractivity contribution >= 4 is 90.5 Å². The minimum absolute atomic E-state index is 0.00352. The zero-order valence-electron chi connectivity index (χ0n) is 40.7. The van der Waals surface area contributed by atoms with E-state index in [1.54, 1.807) is 35.3 Å². The standard InChI is InChI=1S/C64H50N2O6S2/c67-55-43-23-37-19-33-11-3-4-12-34(33)20-38(37)24-44(43)56(68)49(55)31-53-65-61-59(73-53)47-27-42-30-52-48(28-41(42)29-51(47)71-63(61)15-7-1-8-16-63)60-62(64(72-52)17-9-2-10-18-64)66-54(74-60)32-50-57(69)45-25-39-21-35-13-5-6-14-36(35)22-40(39)26-46(45)58(50)70/h3-5,11-13,19-21,23-32,36,41-42,59,61H,1-2,6-10,14-18,22H2/b50-32+. The van der Waals surface area contributed by atoms with Crippen molar-refractivity contribution in [1.82, 2.24) is 4.98 Å². The fourth-order valence-corrected chi connectivity index (χ4v) is 17.0. The van der Waals surface area contributed by atoms with E-state index in [1.807, 2.05) is 36.4 Å². The number of hydrogen-bond donors (Lipinski definition) is 0. The Morgan fingerprint density at radius 1 is 0.662 bits per heavy atom. The Morgan fingerprint density at radius 3 is 2.07 bits per heavy atom.